The first-order valence-electron chi connectivity index (χ1n) is 8.49. The minimum absolute atomic E-state index is 0.0460. The third kappa shape index (κ3) is 2.93. The predicted molar refractivity (Wildman–Crippen MR) is 95.5 cm³/mol. The lowest BCUT2D eigenvalue weighted by Gasteiger charge is -2.28. The third-order valence-electron chi connectivity index (χ3n) is 4.94. The van der Waals surface area contributed by atoms with Crippen molar-refractivity contribution in [2.45, 2.75) is 29.9 Å². The summed E-state index contributed by atoms with van der Waals surface area (Å²) in [6, 6.07) is 6.75. The number of benzene rings is 1. The van der Waals surface area contributed by atoms with Gasteiger partial charge in [-0.3, -0.25) is 14.6 Å². The quantitative estimate of drug-likeness (QED) is 0.759. The van der Waals surface area contributed by atoms with Gasteiger partial charge in [0.25, 0.3) is 11.7 Å². The van der Waals surface area contributed by atoms with Crippen LogP contribution in [0, 0.1) is 0 Å². The fourth-order valence-corrected chi connectivity index (χ4v) is 5.29. The molecular weight excluding hydrogens is 370 g/mol. The van der Waals surface area contributed by atoms with E-state index < -0.39 is 33.9 Å². The van der Waals surface area contributed by atoms with E-state index in [4.69, 9.17) is 0 Å². The zero-order valence-electron chi connectivity index (χ0n) is 14.2. The van der Waals surface area contributed by atoms with Gasteiger partial charge in [-0.1, -0.05) is 6.07 Å². The first-order chi connectivity index (χ1) is 12.9. The van der Waals surface area contributed by atoms with Crippen LogP contribution in [0.4, 0.5) is 5.69 Å². The van der Waals surface area contributed by atoms with E-state index in [1.807, 2.05) is 0 Å². The summed E-state index contributed by atoms with van der Waals surface area (Å²) < 4.78 is 27.6. The minimum Gasteiger partial charge on any atom is -0.387 e. The molecule has 140 valence electrons. The van der Waals surface area contributed by atoms with Crippen LogP contribution < -0.4 is 5.32 Å². The Morgan fingerprint density at radius 2 is 2.07 bits per heavy atom. The zero-order valence-corrected chi connectivity index (χ0v) is 15.0. The topological polar surface area (TPSA) is 117 Å². The molecule has 1 amide bonds. The van der Waals surface area contributed by atoms with Gasteiger partial charge in [-0.25, -0.2) is 8.42 Å². The molecule has 2 aliphatic heterocycles. The van der Waals surface area contributed by atoms with Crippen LogP contribution in [0.3, 0.4) is 0 Å². The van der Waals surface area contributed by atoms with Gasteiger partial charge in [0.05, 0.1) is 28.3 Å². The number of sulfonamides is 1. The molecule has 2 aromatic rings. The van der Waals surface area contributed by atoms with E-state index in [2.05, 4.69) is 10.3 Å². The summed E-state index contributed by atoms with van der Waals surface area (Å²) in [6.07, 6.45) is 3.22. The van der Waals surface area contributed by atoms with E-state index >= 15 is 0 Å². The molecule has 2 aliphatic rings. The highest BCUT2D eigenvalue weighted by molar-refractivity contribution is 7.89. The number of rotatable bonds is 4. The molecule has 9 heteroatoms. The summed E-state index contributed by atoms with van der Waals surface area (Å²) in [7, 11) is -3.94. The highest BCUT2D eigenvalue weighted by Crippen LogP contribution is 2.35. The third-order valence-corrected chi connectivity index (χ3v) is 6.86. The molecule has 2 unspecified atom stereocenters. The van der Waals surface area contributed by atoms with Gasteiger partial charge < -0.3 is 10.4 Å². The Bertz CT molecular complexity index is 1020. The van der Waals surface area contributed by atoms with Crippen LogP contribution in [0.5, 0.6) is 0 Å². The Morgan fingerprint density at radius 1 is 1.26 bits per heavy atom. The molecule has 4 rings (SSSR count). The average molecular weight is 387 g/mol. The van der Waals surface area contributed by atoms with Crippen molar-refractivity contribution in [3.8, 4) is 0 Å². The number of aromatic nitrogens is 1. The van der Waals surface area contributed by atoms with Crippen LogP contribution in [0.25, 0.3) is 0 Å². The first kappa shape index (κ1) is 17.8. The fourth-order valence-electron chi connectivity index (χ4n) is 3.57. The van der Waals surface area contributed by atoms with Gasteiger partial charge in [-0.15, -0.1) is 0 Å². The second kappa shape index (κ2) is 6.52. The zero-order chi connectivity index (χ0) is 19.2. The summed E-state index contributed by atoms with van der Waals surface area (Å²) in [5.74, 6) is -1.53. The van der Waals surface area contributed by atoms with E-state index in [0.717, 1.165) is 0 Å². The van der Waals surface area contributed by atoms with Gasteiger partial charge in [-0.05, 0) is 37.1 Å². The number of hydrogen-bond acceptors (Lipinski definition) is 6. The lowest BCUT2D eigenvalue weighted by Crippen LogP contribution is -2.39. The number of nitrogens with one attached hydrogen (secondary N) is 1. The number of ketones is 1. The van der Waals surface area contributed by atoms with Gasteiger partial charge in [0.15, 0.2) is 0 Å². The Morgan fingerprint density at radius 3 is 2.81 bits per heavy atom. The maximum absolute atomic E-state index is 13.2. The number of pyridine rings is 1. The number of amides is 1. The molecule has 1 aromatic carbocycles. The molecule has 0 spiro atoms. The Kier molecular flexibility index (Phi) is 4.29. The van der Waals surface area contributed by atoms with Crippen LogP contribution in [-0.4, -0.2) is 47.1 Å². The Balaban J connectivity index is 1.68. The molecular formula is C18H17N3O5S. The Labute approximate surface area is 155 Å². The van der Waals surface area contributed by atoms with Gasteiger partial charge >= 0.3 is 0 Å². The molecule has 27 heavy (non-hydrogen) atoms. The van der Waals surface area contributed by atoms with Crippen LogP contribution in [-0.2, 0) is 14.8 Å². The van der Waals surface area contributed by atoms with Crippen molar-refractivity contribution in [1.82, 2.24) is 9.29 Å². The summed E-state index contributed by atoms with van der Waals surface area (Å²) >= 11 is 0. The lowest BCUT2D eigenvalue weighted by atomic mass is 10.0. The lowest BCUT2D eigenvalue weighted by molar-refractivity contribution is -0.112. The van der Waals surface area contributed by atoms with Crippen molar-refractivity contribution in [2.75, 3.05) is 11.9 Å². The number of nitrogens with zero attached hydrogens (tertiary/aromatic N) is 2. The van der Waals surface area contributed by atoms with Gasteiger partial charge in [0.1, 0.15) is 0 Å². The molecule has 0 aliphatic carbocycles. The predicted octanol–water partition coefficient (Wildman–Crippen LogP) is 1.10. The van der Waals surface area contributed by atoms with Crippen molar-refractivity contribution in [3.63, 3.8) is 0 Å². The molecule has 0 radical (unpaired) electrons. The molecule has 2 atom stereocenters. The van der Waals surface area contributed by atoms with Gasteiger partial charge in [0.2, 0.25) is 10.0 Å². The van der Waals surface area contributed by atoms with Gasteiger partial charge in [-0.2, -0.15) is 4.31 Å². The van der Waals surface area contributed by atoms with E-state index in [1.165, 1.54) is 28.7 Å². The number of carbonyl (C=O) groups is 2. The fraction of sp³-hybridized carbons (Fsp3) is 0.278. The van der Waals surface area contributed by atoms with Crippen LogP contribution in [0.2, 0.25) is 0 Å². The number of carbonyl (C=O) groups excluding carboxylic acids is 2. The van der Waals surface area contributed by atoms with E-state index in [0.29, 0.717) is 24.1 Å². The van der Waals surface area contributed by atoms with Crippen molar-refractivity contribution in [3.05, 3.63) is 53.9 Å². The highest BCUT2D eigenvalue weighted by Gasteiger charge is 2.40. The van der Waals surface area contributed by atoms with Gasteiger partial charge in [0, 0.05) is 24.5 Å². The Hall–Kier alpha value is -2.62. The van der Waals surface area contributed by atoms with Crippen molar-refractivity contribution in [2.24, 2.45) is 0 Å². The first-order valence-corrected chi connectivity index (χ1v) is 9.93. The normalized spacial score (nSPS) is 21.1. The molecule has 0 saturated carbocycles. The van der Waals surface area contributed by atoms with Crippen molar-refractivity contribution < 1.29 is 23.1 Å². The molecule has 0 bridgehead atoms. The number of fused-ring (bicyclic) bond motifs is 1. The van der Waals surface area contributed by atoms with Crippen LogP contribution in [0.1, 0.15) is 34.9 Å². The van der Waals surface area contributed by atoms with Crippen molar-refractivity contribution >= 4 is 27.4 Å². The smallest absolute Gasteiger partial charge is 0.296 e. The summed E-state index contributed by atoms with van der Waals surface area (Å²) in [5, 5.41) is 13.1. The second-order valence-corrected chi connectivity index (χ2v) is 8.44. The van der Waals surface area contributed by atoms with Crippen LogP contribution >= 0.6 is 0 Å². The number of Topliss-reactive ketones (excluding diaryl/α,β-unsaturated/α-hetero) is 1. The number of aliphatic hydroxyl groups is 1. The molecule has 1 fully saturated rings. The highest BCUT2D eigenvalue weighted by atomic mass is 32.2. The summed E-state index contributed by atoms with van der Waals surface area (Å²) in [5.41, 5.74) is 0.894. The minimum atomic E-state index is -3.94. The monoisotopic (exact) mass is 387 g/mol. The maximum Gasteiger partial charge on any atom is 0.296 e. The molecule has 1 aromatic heterocycles. The summed E-state index contributed by atoms with van der Waals surface area (Å²) in [6.45, 7) is 0.270. The van der Waals surface area contributed by atoms with Crippen molar-refractivity contribution in [1.29, 1.82) is 0 Å². The molecule has 8 nitrogen and oxygen atoms in total. The number of anilines is 1. The molecule has 1 saturated heterocycles. The van der Waals surface area contributed by atoms with E-state index in [9.17, 15) is 23.1 Å². The van der Waals surface area contributed by atoms with E-state index in [1.54, 1.807) is 18.3 Å². The maximum atomic E-state index is 13.2. The average Bonchev–Trinajstić information content (AvgIpc) is 3.28. The van der Waals surface area contributed by atoms with Crippen LogP contribution in [0.15, 0.2) is 47.6 Å². The molecule has 3 heterocycles. The number of hydrogen-bond donors (Lipinski definition) is 2. The summed E-state index contributed by atoms with van der Waals surface area (Å²) in [4.78, 5) is 27.3. The molecule has 2 N–H and O–H groups in total. The second-order valence-electron chi connectivity index (χ2n) is 6.55. The standard InChI is InChI=1S/C18H17N3O5S/c22-16(11-3-1-7-19-10-11)15-4-2-8-21(15)27(25,26)12-5-6-14-13(9-12)17(23)18(24)20-14/h1,3,5-7,9-10,15-16,22H,2,4,8H2,(H,20,23,24). The number of aliphatic hydroxyl groups excluding tert-OH is 1. The SMILES string of the molecule is O=C1Nc2ccc(S(=O)(=O)N3CCCC3C(O)c3cccnc3)cc2C1=O. The largest absolute Gasteiger partial charge is 0.387 e. The van der Waals surface area contributed by atoms with E-state index in [-0.39, 0.29) is 17.0 Å².